The van der Waals surface area contributed by atoms with Crippen LogP contribution in [0.1, 0.15) is 55.1 Å². The molecule has 2 aliphatic rings. The Morgan fingerprint density at radius 3 is 2.82 bits per heavy atom. The zero-order valence-corrected chi connectivity index (χ0v) is 18.9. The maximum atomic E-state index is 13.0. The molecule has 2 aliphatic heterocycles. The quantitative estimate of drug-likeness (QED) is 0.614. The van der Waals surface area contributed by atoms with Crippen LogP contribution < -0.4 is 10.6 Å². The first kappa shape index (κ1) is 21.2. The first-order chi connectivity index (χ1) is 15.9. The number of para-hydroxylation sites is 1. The van der Waals surface area contributed by atoms with Gasteiger partial charge in [0.15, 0.2) is 0 Å². The third kappa shape index (κ3) is 3.88. The number of aromatic nitrogens is 1. The van der Waals surface area contributed by atoms with Gasteiger partial charge in [-0.2, -0.15) is 0 Å². The van der Waals surface area contributed by atoms with Gasteiger partial charge in [-0.1, -0.05) is 18.2 Å². The Kier molecular flexibility index (Phi) is 5.40. The third-order valence-electron chi connectivity index (χ3n) is 6.61. The van der Waals surface area contributed by atoms with Crippen LogP contribution in [0.15, 0.2) is 48.7 Å². The topological polar surface area (TPSA) is 83.4 Å². The van der Waals surface area contributed by atoms with Crippen molar-refractivity contribution in [2.75, 3.05) is 17.2 Å². The van der Waals surface area contributed by atoms with Crippen molar-refractivity contribution in [3.8, 4) is 0 Å². The highest BCUT2D eigenvalue weighted by Gasteiger charge is 2.38. The fourth-order valence-electron chi connectivity index (χ4n) is 4.94. The van der Waals surface area contributed by atoms with Gasteiger partial charge >= 0.3 is 0 Å². The minimum atomic E-state index is -0.407. The number of nitrogens with zero attached hydrogens (tertiary/aromatic N) is 2. The predicted octanol–water partition coefficient (Wildman–Crippen LogP) is 4.35. The number of carbonyl (C=O) groups is 3. The average Bonchev–Trinajstić information content (AvgIpc) is 3.41. The molecule has 3 amide bonds. The van der Waals surface area contributed by atoms with Crippen LogP contribution in [-0.4, -0.2) is 39.8 Å². The molecular formula is C26H28N4O3. The summed E-state index contributed by atoms with van der Waals surface area (Å²) in [6.07, 6.45) is 4.60. The molecule has 1 saturated heterocycles. The van der Waals surface area contributed by atoms with Crippen LogP contribution in [-0.2, 0) is 16.0 Å². The predicted molar refractivity (Wildman–Crippen MR) is 128 cm³/mol. The maximum Gasteiger partial charge on any atom is 0.256 e. The van der Waals surface area contributed by atoms with E-state index in [-0.39, 0.29) is 17.7 Å². The van der Waals surface area contributed by atoms with Crippen molar-refractivity contribution >= 4 is 40.0 Å². The first-order valence-corrected chi connectivity index (χ1v) is 11.6. The molecule has 7 heteroatoms. The summed E-state index contributed by atoms with van der Waals surface area (Å²) in [5, 5.41) is 6.96. The molecular weight excluding hydrogens is 416 g/mol. The number of rotatable bonds is 5. The number of benzene rings is 2. The average molecular weight is 445 g/mol. The van der Waals surface area contributed by atoms with Crippen molar-refractivity contribution in [1.29, 1.82) is 0 Å². The molecule has 2 aromatic carbocycles. The SMILES string of the molecule is CC(C)n1cc(CCC(=O)Nc2ccc3c(c2)C(=O)N2CCCC2C(=O)N3)c2ccccc21. The van der Waals surface area contributed by atoms with Crippen molar-refractivity contribution in [1.82, 2.24) is 9.47 Å². The smallest absolute Gasteiger partial charge is 0.256 e. The van der Waals surface area contributed by atoms with Gasteiger partial charge in [-0.15, -0.1) is 0 Å². The van der Waals surface area contributed by atoms with Gasteiger partial charge in [-0.25, -0.2) is 0 Å². The minimum Gasteiger partial charge on any atom is -0.345 e. The second-order valence-electron chi connectivity index (χ2n) is 9.13. The summed E-state index contributed by atoms with van der Waals surface area (Å²) in [5.41, 5.74) is 3.80. The largest absolute Gasteiger partial charge is 0.345 e. The van der Waals surface area contributed by atoms with Gasteiger partial charge in [-0.3, -0.25) is 14.4 Å². The van der Waals surface area contributed by atoms with Gasteiger partial charge in [-0.05, 0) is 62.9 Å². The van der Waals surface area contributed by atoms with E-state index in [4.69, 9.17) is 0 Å². The van der Waals surface area contributed by atoms with E-state index in [0.717, 1.165) is 12.0 Å². The molecule has 3 heterocycles. The number of hydrogen-bond acceptors (Lipinski definition) is 3. The molecule has 0 aliphatic carbocycles. The lowest BCUT2D eigenvalue weighted by atomic mass is 10.1. The molecule has 1 atom stereocenters. The third-order valence-corrected chi connectivity index (χ3v) is 6.61. The molecule has 3 aromatic rings. The molecule has 0 radical (unpaired) electrons. The van der Waals surface area contributed by atoms with E-state index < -0.39 is 6.04 Å². The second-order valence-corrected chi connectivity index (χ2v) is 9.13. The van der Waals surface area contributed by atoms with E-state index >= 15 is 0 Å². The Morgan fingerprint density at radius 2 is 2.00 bits per heavy atom. The van der Waals surface area contributed by atoms with Gasteiger partial charge in [0.2, 0.25) is 11.8 Å². The second kappa shape index (κ2) is 8.39. The normalized spacial score (nSPS) is 17.7. The number of carbonyl (C=O) groups excluding carboxylic acids is 3. The molecule has 0 bridgehead atoms. The lowest BCUT2D eigenvalue weighted by Crippen LogP contribution is -2.40. The Bertz CT molecular complexity index is 1260. The fraction of sp³-hybridized carbons (Fsp3) is 0.346. The Morgan fingerprint density at radius 1 is 1.18 bits per heavy atom. The van der Waals surface area contributed by atoms with E-state index in [2.05, 4.69) is 47.4 Å². The summed E-state index contributed by atoms with van der Waals surface area (Å²) in [7, 11) is 0. The molecule has 170 valence electrons. The Hall–Kier alpha value is -3.61. The van der Waals surface area contributed by atoms with E-state index in [1.54, 1.807) is 23.1 Å². The van der Waals surface area contributed by atoms with E-state index in [1.165, 1.54) is 10.9 Å². The number of nitrogens with one attached hydrogen (secondary N) is 2. The summed E-state index contributed by atoms with van der Waals surface area (Å²) < 4.78 is 2.24. The van der Waals surface area contributed by atoms with Crippen LogP contribution >= 0.6 is 0 Å². The zero-order valence-electron chi connectivity index (χ0n) is 18.9. The maximum absolute atomic E-state index is 13.0. The van der Waals surface area contributed by atoms with Crippen molar-refractivity contribution in [2.45, 2.75) is 51.6 Å². The Balaban J connectivity index is 1.31. The van der Waals surface area contributed by atoms with Gasteiger partial charge < -0.3 is 20.1 Å². The molecule has 1 fully saturated rings. The van der Waals surface area contributed by atoms with E-state index in [0.29, 0.717) is 48.8 Å². The summed E-state index contributed by atoms with van der Waals surface area (Å²) >= 11 is 0. The van der Waals surface area contributed by atoms with Gasteiger partial charge in [0.1, 0.15) is 6.04 Å². The molecule has 0 spiro atoms. The van der Waals surface area contributed by atoms with Gasteiger partial charge in [0.25, 0.3) is 5.91 Å². The molecule has 2 N–H and O–H groups in total. The van der Waals surface area contributed by atoms with Crippen LogP contribution in [0.3, 0.4) is 0 Å². The van der Waals surface area contributed by atoms with Crippen molar-refractivity contribution in [3.05, 3.63) is 59.8 Å². The first-order valence-electron chi connectivity index (χ1n) is 11.6. The molecule has 7 nitrogen and oxygen atoms in total. The number of anilines is 2. The van der Waals surface area contributed by atoms with Crippen molar-refractivity contribution < 1.29 is 14.4 Å². The van der Waals surface area contributed by atoms with Gasteiger partial charge in [0, 0.05) is 41.8 Å². The van der Waals surface area contributed by atoms with Crippen molar-refractivity contribution in [3.63, 3.8) is 0 Å². The number of fused-ring (bicyclic) bond motifs is 3. The summed E-state index contributed by atoms with van der Waals surface area (Å²) in [6.45, 7) is 4.88. The number of hydrogen-bond donors (Lipinski definition) is 2. The Labute approximate surface area is 192 Å². The monoisotopic (exact) mass is 444 g/mol. The highest BCUT2D eigenvalue weighted by Crippen LogP contribution is 2.31. The van der Waals surface area contributed by atoms with Crippen LogP contribution in [0.2, 0.25) is 0 Å². The standard InChI is InChI=1S/C26H28N4O3/c1-16(2)30-15-17(19-6-3-4-7-22(19)30)9-12-24(31)27-18-10-11-21-20(14-18)26(33)29-13-5-8-23(29)25(32)28-21/h3-4,6-7,10-11,14-16,23H,5,8-9,12-13H2,1-2H3,(H,27,31)(H,28,32). The fourth-order valence-corrected chi connectivity index (χ4v) is 4.94. The molecule has 33 heavy (non-hydrogen) atoms. The molecule has 1 unspecified atom stereocenters. The highest BCUT2D eigenvalue weighted by atomic mass is 16.2. The lowest BCUT2D eigenvalue weighted by Gasteiger charge is -2.20. The summed E-state index contributed by atoms with van der Waals surface area (Å²) in [5.74, 6) is -0.416. The van der Waals surface area contributed by atoms with E-state index in [9.17, 15) is 14.4 Å². The van der Waals surface area contributed by atoms with Crippen LogP contribution in [0.25, 0.3) is 10.9 Å². The van der Waals surface area contributed by atoms with Crippen LogP contribution in [0, 0.1) is 0 Å². The zero-order chi connectivity index (χ0) is 23.1. The summed E-state index contributed by atoms with van der Waals surface area (Å²) in [4.78, 5) is 39.8. The minimum absolute atomic E-state index is 0.111. The van der Waals surface area contributed by atoms with Crippen LogP contribution in [0.4, 0.5) is 11.4 Å². The van der Waals surface area contributed by atoms with E-state index in [1.807, 2.05) is 12.1 Å². The van der Waals surface area contributed by atoms with Gasteiger partial charge in [0.05, 0.1) is 11.3 Å². The highest BCUT2D eigenvalue weighted by molar-refractivity contribution is 6.11. The number of aryl methyl sites for hydroxylation is 1. The van der Waals surface area contributed by atoms with Crippen molar-refractivity contribution in [2.24, 2.45) is 0 Å². The van der Waals surface area contributed by atoms with Crippen LogP contribution in [0.5, 0.6) is 0 Å². The number of amides is 3. The summed E-state index contributed by atoms with van der Waals surface area (Å²) in [6, 6.07) is 13.3. The molecule has 0 saturated carbocycles. The molecule has 5 rings (SSSR count). The lowest BCUT2D eigenvalue weighted by molar-refractivity contribution is -0.119. The molecule has 1 aromatic heterocycles.